The number of hydrogen-bond acceptors (Lipinski definition) is 5. The van der Waals surface area contributed by atoms with E-state index in [-0.39, 0.29) is 13.0 Å². The Kier molecular flexibility index (Phi) is 4.97. The highest BCUT2D eigenvalue weighted by atomic mass is 16.5. The maximum absolute atomic E-state index is 12.1. The summed E-state index contributed by atoms with van der Waals surface area (Å²) in [4.78, 5) is 31.7. The highest BCUT2D eigenvalue weighted by Crippen LogP contribution is 2.33. The maximum Gasteiger partial charge on any atom is 0.324 e. The molecule has 1 unspecified atom stereocenters. The molecule has 0 saturated heterocycles. The lowest BCUT2D eigenvalue weighted by Gasteiger charge is -2.30. The van der Waals surface area contributed by atoms with Gasteiger partial charge in [-0.1, -0.05) is 13.8 Å². The third-order valence-electron chi connectivity index (χ3n) is 3.06. The van der Waals surface area contributed by atoms with E-state index in [0.29, 0.717) is 5.82 Å². The van der Waals surface area contributed by atoms with Gasteiger partial charge >= 0.3 is 11.9 Å². The van der Waals surface area contributed by atoms with E-state index in [1.165, 1.54) is 12.4 Å². The molecule has 0 aromatic carbocycles. The Morgan fingerprint density at radius 1 is 1.37 bits per heavy atom. The number of rotatable bonds is 6. The monoisotopic (exact) mass is 266 g/mol. The smallest absolute Gasteiger partial charge is 0.324 e. The third kappa shape index (κ3) is 3.07. The maximum atomic E-state index is 12.1. The Morgan fingerprint density at radius 3 is 2.37 bits per heavy atom. The Bertz CT molecular complexity index is 447. The molecule has 104 valence electrons. The summed E-state index contributed by atoms with van der Waals surface area (Å²) in [5.74, 6) is -2.09. The molecule has 0 amide bonds. The van der Waals surface area contributed by atoms with Crippen molar-refractivity contribution in [3.05, 3.63) is 24.3 Å². The molecule has 6 heteroatoms. The minimum atomic E-state index is -1.66. The van der Waals surface area contributed by atoms with Crippen LogP contribution in [0, 0.1) is 11.3 Å². The second-order valence-corrected chi connectivity index (χ2v) is 4.49. The molecule has 1 N–H and O–H groups in total. The zero-order valence-corrected chi connectivity index (χ0v) is 11.3. The largest absolute Gasteiger partial charge is 0.480 e. The summed E-state index contributed by atoms with van der Waals surface area (Å²) in [6, 6.07) is 1.63. The van der Waals surface area contributed by atoms with Gasteiger partial charge in [0.2, 0.25) is 0 Å². The quantitative estimate of drug-likeness (QED) is 0.616. The van der Waals surface area contributed by atoms with Crippen LogP contribution in [-0.4, -0.2) is 33.6 Å². The van der Waals surface area contributed by atoms with Gasteiger partial charge < -0.3 is 9.84 Å². The highest BCUT2D eigenvalue weighted by Gasteiger charge is 2.51. The first-order valence-corrected chi connectivity index (χ1v) is 6.11. The number of esters is 1. The second-order valence-electron chi connectivity index (χ2n) is 4.49. The van der Waals surface area contributed by atoms with Gasteiger partial charge in [0.05, 0.1) is 6.61 Å². The average molecular weight is 266 g/mol. The number of carbonyl (C=O) groups is 2. The van der Waals surface area contributed by atoms with Crippen molar-refractivity contribution < 1.29 is 19.4 Å². The van der Waals surface area contributed by atoms with Crippen molar-refractivity contribution in [2.75, 3.05) is 6.61 Å². The van der Waals surface area contributed by atoms with E-state index >= 15 is 0 Å². The summed E-state index contributed by atoms with van der Waals surface area (Å²) in [6.45, 7) is 5.13. The van der Waals surface area contributed by atoms with Crippen molar-refractivity contribution in [1.82, 2.24) is 9.97 Å². The predicted molar refractivity (Wildman–Crippen MR) is 67.3 cm³/mol. The minimum Gasteiger partial charge on any atom is -0.480 e. The lowest BCUT2D eigenvalue weighted by atomic mass is 9.74. The van der Waals surface area contributed by atoms with Crippen LogP contribution in [0.2, 0.25) is 0 Å². The molecule has 0 aliphatic heterocycles. The van der Waals surface area contributed by atoms with Crippen LogP contribution in [0.3, 0.4) is 0 Å². The summed E-state index contributed by atoms with van der Waals surface area (Å²) >= 11 is 0. The van der Waals surface area contributed by atoms with Crippen molar-refractivity contribution >= 4 is 11.9 Å². The van der Waals surface area contributed by atoms with Crippen molar-refractivity contribution in [3.8, 4) is 0 Å². The molecule has 0 spiro atoms. The van der Waals surface area contributed by atoms with E-state index < -0.39 is 23.3 Å². The molecule has 19 heavy (non-hydrogen) atoms. The third-order valence-corrected chi connectivity index (χ3v) is 3.06. The Balaban J connectivity index is 3.17. The van der Waals surface area contributed by atoms with Crippen LogP contribution in [-0.2, 0) is 20.7 Å². The molecule has 0 bridgehead atoms. The van der Waals surface area contributed by atoms with Crippen LogP contribution in [0.5, 0.6) is 0 Å². The Morgan fingerprint density at radius 2 is 1.95 bits per heavy atom. The SMILES string of the molecule is CCOC(=O)C(Cc1ncccn1)(C(=O)O)C(C)C. The Hall–Kier alpha value is -1.98. The lowest BCUT2D eigenvalue weighted by molar-refractivity contribution is -0.172. The van der Waals surface area contributed by atoms with Gasteiger partial charge in [-0.15, -0.1) is 0 Å². The molecular weight excluding hydrogens is 248 g/mol. The fourth-order valence-corrected chi connectivity index (χ4v) is 1.85. The molecule has 1 aromatic heterocycles. The molecular formula is C13H18N2O4. The predicted octanol–water partition coefficient (Wildman–Crippen LogP) is 1.31. The lowest BCUT2D eigenvalue weighted by Crippen LogP contribution is -2.47. The van der Waals surface area contributed by atoms with Gasteiger partial charge in [0.25, 0.3) is 0 Å². The molecule has 1 heterocycles. The van der Waals surface area contributed by atoms with Gasteiger partial charge in [-0.3, -0.25) is 9.59 Å². The molecule has 0 saturated carbocycles. The van der Waals surface area contributed by atoms with E-state index in [9.17, 15) is 14.7 Å². The van der Waals surface area contributed by atoms with E-state index in [1.54, 1.807) is 26.8 Å². The summed E-state index contributed by atoms with van der Waals surface area (Å²) in [5, 5.41) is 9.50. The van der Waals surface area contributed by atoms with Crippen LogP contribution < -0.4 is 0 Å². The first kappa shape index (κ1) is 15.1. The second kappa shape index (κ2) is 6.26. The highest BCUT2D eigenvalue weighted by molar-refractivity contribution is 5.99. The van der Waals surface area contributed by atoms with Gasteiger partial charge in [-0.25, -0.2) is 9.97 Å². The normalized spacial score (nSPS) is 13.9. The molecule has 0 aliphatic carbocycles. The van der Waals surface area contributed by atoms with Gasteiger partial charge in [0.15, 0.2) is 5.41 Å². The number of nitrogens with zero attached hydrogens (tertiary/aromatic N) is 2. The number of carboxylic acids is 1. The molecule has 0 aliphatic rings. The fraction of sp³-hybridized carbons (Fsp3) is 0.538. The van der Waals surface area contributed by atoms with Crippen LogP contribution in [0.4, 0.5) is 0 Å². The number of carbonyl (C=O) groups excluding carboxylic acids is 1. The zero-order valence-electron chi connectivity index (χ0n) is 11.3. The summed E-state index contributed by atoms with van der Waals surface area (Å²) < 4.78 is 4.93. The summed E-state index contributed by atoms with van der Waals surface area (Å²) in [7, 11) is 0. The van der Waals surface area contributed by atoms with E-state index in [0.717, 1.165) is 0 Å². The number of aromatic nitrogens is 2. The first-order valence-electron chi connectivity index (χ1n) is 6.11. The van der Waals surface area contributed by atoms with Crippen LogP contribution in [0.15, 0.2) is 18.5 Å². The molecule has 0 fully saturated rings. The van der Waals surface area contributed by atoms with Crippen LogP contribution in [0.25, 0.3) is 0 Å². The van der Waals surface area contributed by atoms with Crippen molar-refractivity contribution in [1.29, 1.82) is 0 Å². The molecule has 1 aromatic rings. The summed E-state index contributed by atoms with van der Waals surface area (Å²) in [6.07, 6.45) is 2.94. The number of hydrogen-bond donors (Lipinski definition) is 1. The molecule has 0 radical (unpaired) electrons. The van der Waals surface area contributed by atoms with Crippen LogP contribution >= 0.6 is 0 Å². The number of aliphatic carboxylic acids is 1. The van der Waals surface area contributed by atoms with Gasteiger partial charge in [-0.2, -0.15) is 0 Å². The first-order chi connectivity index (χ1) is 8.95. The topological polar surface area (TPSA) is 89.4 Å². The average Bonchev–Trinajstić information content (AvgIpc) is 2.36. The fourth-order valence-electron chi connectivity index (χ4n) is 1.85. The molecule has 1 rings (SSSR count). The zero-order chi connectivity index (χ0) is 14.5. The van der Waals surface area contributed by atoms with E-state index in [4.69, 9.17) is 4.74 Å². The van der Waals surface area contributed by atoms with Crippen molar-refractivity contribution in [2.24, 2.45) is 11.3 Å². The van der Waals surface area contributed by atoms with Crippen molar-refractivity contribution in [2.45, 2.75) is 27.2 Å². The van der Waals surface area contributed by atoms with Gasteiger partial charge in [-0.05, 0) is 18.9 Å². The van der Waals surface area contributed by atoms with Gasteiger partial charge in [0, 0.05) is 18.8 Å². The van der Waals surface area contributed by atoms with Gasteiger partial charge in [0.1, 0.15) is 5.82 Å². The standard InChI is InChI=1S/C13H18N2O4/c1-4-19-12(18)13(9(2)3,11(16)17)8-10-14-6-5-7-15-10/h5-7,9H,4,8H2,1-3H3,(H,16,17). The molecule has 1 atom stereocenters. The minimum absolute atomic E-state index is 0.0837. The number of ether oxygens (including phenoxy) is 1. The van der Waals surface area contributed by atoms with E-state index in [2.05, 4.69) is 9.97 Å². The molecule has 6 nitrogen and oxygen atoms in total. The summed E-state index contributed by atoms with van der Waals surface area (Å²) in [5.41, 5.74) is -1.66. The van der Waals surface area contributed by atoms with Crippen molar-refractivity contribution in [3.63, 3.8) is 0 Å². The van der Waals surface area contributed by atoms with E-state index in [1.807, 2.05) is 0 Å². The van der Waals surface area contributed by atoms with Crippen LogP contribution in [0.1, 0.15) is 26.6 Å². The number of carboxylic acid groups (broad SMARTS) is 1. The Labute approximate surface area is 111 Å².